The van der Waals surface area contributed by atoms with Gasteiger partial charge in [-0.25, -0.2) is 4.98 Å². The second-order valence-corrected chi connectivity index (χ2v) is 7.36. The van der Waals surface area contributed by atoms with E-state index in [1.54, 1.807) is 13.3 Å². The highest BCUT2D eigenvalue weighted by Gasteiger charge is 2.30. The van der Waals surface area contributed by atoms with Crippen molar-refractivity contribution in [2.24, 2.45) is 5.92 Å². The smallest absolute Gasteiger partial charge is 0.220 e. The number of carbonyl (C=O) groups excluding carboxylic acids is 1. The first-order valence-corrected chi connectivity index (χ1v) is 9.68. The van der Waals surface area contributed by atoms with E-state index in [-0.39, 0.29) is 5.91 Å². The Labute approximate surface area is 164 Å². The van der Waals surface area contributed by atoms with Crippen molar-refractivity contribution in [1.82, 2.24) is 14.9 Å². The van der Waals surface area contributed by atoms with Crippen molar-refractivity contribution in [2.45, 2.75) is 38.3 Å². The lowest BCUT2D eigenvalue weighted by atomic mass is 9.80. The number of imidazole rings is 1. The summed E-state index contributed by atoms with van der Waals surface area (Å²) in [5.41, 5.74) is 0.995. The second-order valence-electron chi connectivity index (χ2n) is 7.36. The highest BCUT2D eigenvalue weighted by Crippen LogP contribution is 2.29. The van der Waals surface area contributed by atoms with Gasteiger partial charge in [-0.2, -0.15) is 0 Å². The van der Waals surface area contributed by atoms with Crippen molar-refractivity contribution in [1.29, 1.82) is 0 Å². The normalized spacial score (nSPS) is 18.5. The summed E-state index contributed by atoms with van der Waals surface area (Å²) in [4.78, 5) is 16.3. The van der Waals surface area contributed by atoms with Crippen LogP contribution < -0.4 is 10.1 Å². The van der Waals surface area contributed by atoms with Gasteiger partial charge in [0.15, 0.2) is 0 Å². The van der Waals surface area contributed by atoms with Crippen molar-refractivity contribution in [3.63, 3.8) is 0 Å². The number of amides is 1. The number of nitrogens with zero attached hydrogens (tertiary/aromatic N) is 2. The monoisotopic (exact) mass is 379 g/mol. The third-order valence-electron chi connectivity index (χ3n) is 5.26. The number of ether oxygens (including phenoxy) is 1. The number of hydrogen-bond acceptors (Lipinski definition) is 4. The molecule has 4 rings (SSSR count). The van der Waals surface area contributed by atoms with Crippen LogP contribution in [0.25, 0.3) is 11.3 Å². The summed E-state index contributed by atoms with van der Waals surface area (Å²) in [6.45, 7) is 0.979. The molecule has 6 nitrogen and oxygen atoms in total. The number of methoxy groups -OCH3 is 1. The van der Waals surface area contributed by atoms with Gasteiger partial charge in [0.2, 0.25) is 5.91 Å². The fourth-order valence-corrected chi connectivity index (χ4v) is 3.65. The predicted octanol–water partition coefficient (Wildman–Crippen LogP) is 3.68. The van der Waals surface area contributed by atoms with Crippen molar-refractivity contribution in [3.8, 4) is 17.1 Å². The van der Waals surface area contributed by atoms with E-state index in [1.807, 2.05) is 48.9 Å². The number of carbonyl (C=O) groups is 1. The minimum absolute atomic E-state index is 0.0912. The Morgan fingerprint density at radius 3 is 2.79 bits per heavy atom. The van der Waals surface area contributed by atoms with Gasteiger partial charge >= 0.3 is 0 Å². The minimum Gasteiger partial charge on any atom is -0.497 e. The molecule has 0 saturated heterocycles. The average Bonchev–Trinajstić information content (AvgIpc) is 3.37. The third kappa shape index (κ3) is 4.44. The minimum atomic E-state index is 0.0912. The summed E-state index contributed by atoms with van der Waals surface area (Å²) in [5.74, 6) is 3.16. The fourth-order valence-electron chi connectivity index (χ4n) is 3.65. The summed E-state index contributed by atoms with van der Waals surface area (Å²) in [6, 6.07) is 11.9. The van der Waals surface area contributed by atoms with E-state index in [0.717, 1.165) is 42.2 Å². The van der Waals surface area contributed by atoms with E-state index in [4.69, 9.17) is 9.15 Å². The maximum Gasteiger partial charge on any atom is 0.220 e. The van der Waals surface area contributed by atoms with Gasteiger partial charge in [0, 0.05) is 43.4 Å². The van der Waals surface area contributed by atoms with Gasteiger partial charge in [0.1, 0.15) is 17.3 Å². The molecule has 3 aromatic rings. The molecule has 1 fully saturated rings. The standard InChI is InChI=1S/C22H25N3O3/c1-27-19-4-2-17(3-5-19)21-8-6-20(28-21)7-9-22(26)24-18-12-16(13-18)14-25-11-10-23-15-25/h2-6,8,10-11,15-16,18H,7,9,12-14H2,1H3,(H,24,26). The van der Waals surface area contributed by atoms with Crippen LogP contribution in [-0.2, 0) is 17.8 Å². The van der Waals surface area contributed by atoms with Gasteiger partial charge in [-0.15, -0.1) is 0 Å². The molecule has 146 valence electrons. The number of aromatic nitrogens is 2. The van der Waals surface area contributed by atoms with Crippen LogP contribution in [0, 0.1) is 5.92 Å². The lowest BCUT2D eigenvalue weighted by Crippen LogP contribution is -2.45. The number of aryl methyl sites for hydroxylation is 1. The van der Waals surface area contributed by atoms with Crippen LogP contribution in [0.15, 0.2) is 59.5 Å². The molecular weight excluding hydrogens is 354 g/mol. The van der Waals surface area contributed by atoms with Crippen molar-refractivity contribution in [3.05, 3.63) is 60.9 Å². The Bertz CT molecular complexity index is 894. The number of benzene rings is 1. The lowest BCUT2D eigenvalue weighted by Gasteiger charge is -2.36. The molecule has 0 aliphatic heterocycles. The highest BCUT2D eigenvalue weighted by atomic mass is 16.5. The molecule has 0 spiro atoms. The molecule has 1 amide bonds. The van der Waals surface area contributed by atoms with Gasteiger partial charge in [-0.05, 0) is 55.2 Å². The fraction of sp³-hybridized carbons (Fsp3) is 0.364. The Morgan fingerprint density at radius 1 is 1.25 bits per heavy atom. The number of nitrogens with one attached hydrogen (secondary N) is 1. The summed E-state index contributed by atoms with van der Waals surface area (Å²) in [6.07, 6.45) is 8.74. The Kier molecular flexibility index (Phi) is 5.46. The van der Waals surface area contributed by atoms with E-state index < -0.39 is 0 Å². The molecule has 2 heterocycles. The van der Waals surface area contributed by atoms with Gasteiger partial charge in [0.05, 0.1) is 13.4 Å². The summed E-state index contributed by atoms with van der Waals surface area (Å²) >= 11 is 0. The largest absolute Gasteiger partial charge is 0.497 e. The van der Waals surface area contributed by atoms with Crippen molar-refractivity contribution < 1.29 is 13.9 Å². The van der Waals surface area contributed by atoms with Crippen molar-refractivity contribution >= 4 is 5.91 Å². The van der Waals surface area contributed by atoms with Gasteiger partial charge in [-0.3, -0.25) is 4.79 Å². The van der Waals surface area contributed by atoms with E-state index >= 15 is 0 Å². The van der Waals surface area contributed by atoms with Gasteiger partial charge in [0.25, 0.3) is 0 Å². The zero-order valence-electron chi connectivity index (χ0n) is 16.0. The summed E-state index contributed by atoms with van der Waals surface area (Å²) in [7, 11) is 1.65. The molecule has 0 bridgehead atoms. The molecule has 0 radical (unpaired) electrons. The van der Waals surface area contributed by atoms with Crippen LogP contribution in [0.4, 0.5) is 0 Å². The Balaban J connectivity index is 1.19. The third-order valence-corrected chi connectivity index (χ3v) is 5.26. The van der Waals surface area contributed by atoms with E-state index in [1.165, 1.54) is 0 Å². The first-order valence-electron chi connectivity index (χ1n) is 9.68. The Hall–Kier alpha value is -3.02. The quantitative estimate of drug-likeness (QED) is 0.648. The zero-order chi connectivity index (χ0) is 19.3. The number of hydrogen-bond donors (Lipinski definition) is 1. The first kappa shape index (κ1) is 18.3. The summed E-state index contributed by atoms with van der Waals surface area (Å²) in [5, 5.41) is 3.13. The van der Waals surface area contributed by atoms with E-state index in [0.29, 0.717) is 24.8 Å². The number of furan rings is 1. The van der Waals surface area contributed by atoms with Crippen LogP contribution in [0.2, 0.25) is 0 Å². The molecule has 1 saturated carbocycles. The van der Waals surface area contributed by atoms with Crippen LogP contribution in [-0.4, -0.2) is 28.6 Å². The Morgan fingerprint density at radius 2 is 2.07 bits per heavy atom. The maximum absolute atomic E-state index is 12.2. The summed E-state index contributed by atoms with van der Waals surface area (Å²) < 4.78 is 13.2. The van der Waals surface area contributed by atoms with E-state index in [9.17, 15) is 4.79 Å². The van der Waals surface area contributed by atoms with Crippen molar-refractivity contribution in [2.75, 3.05) is 7.11 Å². The topological polar surface area (TPSA) is 69.3 Å². The molecule has 1 aromatic carbocycles. The SMILES string of the molecule is COc1ccc(-c2ccc(CCC(=O)NC3CC(Cn4ccnc4)C3)o2)cc1. The van der Waals surface area contributed by atoms with Crippen LogP contribution in [0.1, 0.15) is 25.0 Å². The van der Waals surface area contributed by atoms with Crippen LogP contribution in [0.5, 0.6) is 5.75 Å². The second kappa shape index (κ2) is 8.33. The molecular formula is C22H25N3O3. The van der Waals surface area contributed by atoms with Gasteiger partial charge < -0.3 is 19.0 Å². The average molecular weight is 379 g/mol. The molecule has 6 heteroatoms. The highest BCUT2D eigenvalue weighted by molar-refractivity contribution is 5.76. The first-order chi connectivity index (χ1) is 13.7. The lowest BCUT2D eigenvalue weighted by molar-refractivity contribution is -0.122. The molecule has 2 aromatic heterocycles. The molecule has 1 N–H and O–H groups in total. The van der Waals surface area contributed by atoms with E-state index in [2.05, 4.69) is 14.9 Å². The van der Waals surface area contributed by atoms with Crippen LogP contribution >= 0.6 is 0 Å². The molecule has 0 atom stereocenters. The van der Waals surface area contributed by atoms with Gasteiger partial charge in [-0.1, -0.05) is 0 Å². The number of rotatable bonds is 8. The molecule has 28 heavy (non-hydrogen) atoms. The molecule has 1 aliphatic rings. The molecule has 1 aliphatic carbocycles. The zero-order valence-corrected chi connectivity index (χ0v) is 16.0. The maximum atomic E-state index is 12.2. The van der Waals surface area contributed by atoms with Crippen LogP contribution in [0.3, 0.4) is 0 Å². The molecule has 0 unspecified atom stereocenters. The predicted molar refractivity (Wildman–Crippen MR) is 106 cm³/mol.